The summed E-state index contributed by atoms with van der Waals surface area (Å²) >= 11 is 12.0. The van der Waals surface area contributed by atoms with Gasteiger partial charge in [0.15, 0.2) is 0 Å². The number of hydrogen-bond donors (Lipinski definition) is 1. The molecule has 0 saturated heterocycles. The van der Waals surface area contributed by atoms with Gasteiger partial charge < -0.3 is 5.32 Å². The van der Waals surface area contributed by atoms with Crippen LogP contribution in [0.1, 0.15) is 42.2 Å². The van der Waals surface area contributed by atoms with Crippen LogP contribution in [-0.2, 0) is 6.42 Å². The molecule has 4 heteroatoms. The molecule has 104 valence electrons. The maximum atomic E-state index is 6.08. The van der Waals surface area contributed by atoms with Crippen LogP contribution in [0.3, 0.4) is 0 Å². The maximum Gasteiger partial charge on any atom is 0.0605 e. The standard InChI is InChI=1S/C16H16Cl2N2/c1-10(12-4-6-13(17)14(18)9-12)20-15-7-5-11-3-2-8-19-16(11)15/h2-4,6,8-10,15,20H,5,7H2,1H3. The Morgan fingerprint density at radius 2 is 2.10 bits per heavy atom. The van der Waals surface area contributed by atoms with Gasteiger partial charge in [-0.25, -0.2) is 0 Å². The summed E-state index contributed by atoms with van der Waals surface area (Å²) in [6, 6.07) is 10.5. The van der Waals surface area contributed by atoms with Crippen molar-refractivity contribution in [1.82, 2.24) is 10.3 Å². The Hall–Kier alpha value is -1.09. The molecular weight excluding hydrogens is 291 g/mol. The number of hydrogen-bond acceptors (Lipinski definition) is 2. The van der Waals surface area contributed by atoms with Gasteiger partial charge in [-0.3, -0.25) is 4.98 Å². The largest absolute Gasteiger partial charge is 0.302 e. The Labute approximate surface area is 129 Å². The van der Waals surface area contributed by atoms with E-state index in [0.717, 1.165) is 18.4 Å². The number of fused-ring (bicyclic) bond motifs is 1. The van der Waals surface area contributed by atoms with E-state index in [-0.39, 0.29) is 6.04 Å². The molecule has 1 aliphatic rings. The van der Waals surface area contributed by atoms with Gasteiger partial charge in [-0.05, 0) is 49.1 Å². The fourth-order valence-electron chi connectivity index (χ4n) is 2.75. The van der Waals surface area contributed by atoms with Gasteiger partial charge in [0.2, 0.25) is 0 Å². The number of pyridine rings is 1. The van der Waals surface area contributed by atoms with Crippen molar-refractivity contribution in [2.75, 3.05) is 0 Å². The minimum atomic E-state index is 0.211. The number of aryl methyl sites for hydroxylation is 1. The first-order valence-electron chi connectivity index (χ1n) is 6.80. The fourth-order valence-corrected chi connectivity index (χ4v) is 3.06. The third-order valence-corrected chi connectivity index (χ3v) is 4.59. The van der Waals surface area contributed by atoms with E-state index in [4.69, 9.17) is 23.2 Å². The van der Waals surface area contributed by atoms with E-state index in [1.807, 2.05) is 30.5 Å². The lowest BCUT2D eigenvalue weighted by atomic mass is 10.1. The topological polar surface area (TPSA) is 24.9 Å². The average molecular weight is 307 g/mol. The summed E-state index contributed by atoms with van der Waals surface area (Å²) < 4.78 is 0. The third-order valence-electron chi connectivity index (χ3n) is 3.85. The average Bonchev–Trinajstić information content (AvgIpc) is 2.85. The van der Waals surface area contributed by atoms with E-state index in [2.05, 4.69) is 23.3 Å². The first-order valence-corrected chi connectivity index (χ1v) is 7.55. The first-order chi connectivity index (χ1) is 9.65. The molecule has 2 aromatic rings. The number of nitrogens with zero attached hydrogens (tertiary/aromatic N) is 1. The van der Waals surface area contributed by atoms with E-state index in [1.165, 1.54) is 11.3 Å². The monoisotopic (exact) mass is 306 g/mol. The van der Waals surface area contributed by atoms with Gasteiger partial charge in [0.1, 0.15) is 0 Å². The van der Waals surface area contributed by atoms with Gasteiger partial charge in [0.05, 0.1) is 21.8 Å². The van der Waals surface area contributed by atoms with E-state index < -0.39 is 0 Å². The number of nitrogens with one attached hydrogen (secondary N) is 1. The normalized spacial score (nSPS) is 18.9. The highest BCUT2D eigenvalue weighted by atomic mass is 35.5. The molecule has 1 aromatic carbocycles. The molecule has 3 rings (SSSR count). The molecule has 1 N–H and O–H groups in total. The lowest BCUT2D eigenvalue weighted by Crippen LogP contribution is -2.23. The number of benzene rings is 1. The van der Waals surface area contributed by atoms with Gasteiger partial charge in [-0.1, -0.05) is 35.3 Å². The van der Waals surface area contributed by atoms with Crippen LogP contribution >= 0.6 is 23.2 Å². The highest BCUT2D eigenvalue weighted by Gasteiger charge is 2.24. The molecule has 0 saturated carbocycles. The van der Waals surface area contributed by atoms with Crippen molar-refractivity contribution in [2.24, 2.45) is 0 Å². The molecule has 0 aliphatic heterocycles. The van der Waals surface area contributed by atoms with Crippen molar-refractivity contribution in [3.8, 4) is 0 Å². The molecule has 0 bridgehead atoms. The van der Waals surface area contributed by atoms with Crippen LogP contribution in [0.5, 0.6) is 0 Å². The van der Waals surface area contributed by atoms with Gasteiger partial charge >= 0.3 is 0 Å². The SMILES string of the molecule is CC(NC1CCc2cccnc21)c1ccc(Cl)c(Cl)c1. The van der Waals surface area contributed by atoms with Gasteiger partial charge in [-0.15, -0.1) is 0 Å². The van der Waals surface area contributed by atoms with Gasteiger partial charge in [0, 0.05) is 12.2 Å². The van der Waals surface area contributed by atoms with Crippen molar-refractivity contribution in [3.63, 3.8) is 0 Å². The van der Waals surface area contributed by atoms with Crippen molar-refractivity contribution >= 4 is 23.2 Å². The quantitative estimate of drug-likeness (QED) is 0.887. The minimum Gasteiger partial charge on any atom is -0.302 e. The summed E-state index contributed by atoms with van der Waals surface area (Å²) in [5, 5.41) is 4.83. The number of rotatable bonds is 3. The Bertz CT molecular complexity index is 628. The Kier molecular flexibility index (Phi) is 3.97. The maximum absolute atomic E-state index is 6.08. The molecule has 0 amide bonds. The van der Waals surface area contributed by atoms with E-state index in [1.54, 1.807) is 0 Å². The second-order valence-electron chi connectivity index (χ2n) is 5.20. The molecule has 2 unspecified atom stereocenters. The van der Waals surface area contributed by atoms with Crippen LogP contribution in [-0.4, -0.2) is 4.98 Å². The summed E-state index contributed by atoms with van der Waals surface area (Å²) in [7, 11) is 0. The van der Waals surface area contributed by atoms with Crippen molar-refractivity contribution in [1.29, 1.82) is 0 Å². The summed E-state index contributed by atoms with van der Waals surface area (Å²) in [6.07, 6.45) is 4.05. The summed E-state index contributed by atoms with van der Waals surface area (Å²) in [5.41, 5.74) is 3.68. The van der Waals surface area contributed by atoms with Crippen LogP contribution in [0.15, 0.2) is 36.5 Å². The molecule has 0 fully saturated rings. The third kappa shape index (κ3) is 2.69. The predicted octanol–water partition coefficient (Wildman–Crippen LogP) is 4.73. The molecule has 20 heavy (non-hydrogen) atoms. The van der Waals surface area contributed by atoms with Crippen LogP contribution in [0, 0.1) is 0 Å². The Morgan fingerprint density at radius 1 is 1.25 bits per heavy atom. The van der Waals surface area contributed by atoms with Crippen LogP contribution in [0.2, 0.25) is 10.0 Å². The van der Waals surface area contributed by atoms with Crippen LogP contribution < -0.4 is 5.32 Å². The summed E-state index contributed by atoms with van der Waals surface area (Å²) in [4.78, 5) is 4.51. The molecule has 1 heterocycles. The minimum absolute atomic E-state index is 0.211. The second kappa shape index (κ2) is 5.72. The molecule has 2 atom stereocenters. The molecule has 0 radical (unpaired) electrons. The fraction of sp³-hybridized carbons (Fsp3) is 0.312. The van der Waals surface area contributed by atoms with Gasteiger partial charge in [-0.2, -0.15) is 0 Å². The van der Waals surface area contributed by atoms with E-state index in [0.29, 0.717) is 16.1 Å². The highest BCUT2D eigenvalue weighted by Crippen LogP contribution is 2.32. The van der Waals surface area contributed by atoms with Crippen LogP contribution in [0.25, 0.3) is 0 Å². The van der Waals surface area contributed by atoms with Crippen molar-refractivity contribution < 1.29 is 0 Å². The Morgan fingerprint density at radius 3 is 2.90 bits per heavy atom. The van der Waals surface area contributed by atoms with Gasteiger partial charge in [0.25, 0.3) is 0 Å². The number of aromatic nitrogens is 1. The zero-order valence-electron chi connectivity index (χ0n) is 11.2. The summed E-state index contributed by atoms with van der Waals surface area (Å²) in [6.45, 7) is 2.14. The van der Waals surface area contributed by atoms with Crippen LogP contribution in [0.4, 0.5) is 0 Å². The molecule has 2 nitrogen and oxygen atoms in total. The first kappa shape index (κ1) is 13.9. The zero-order chi connectivity index (χ0) is 14.1. The summed E-state index contributed by atoms with van der Waals surface area (Å²) in [5.74, 6) is 0. The lowest BCUT2D eigenvalue weighted by Gasteiger charge is -2.20. The molecule has 0 spiro atoms. The highest BCUT2D eigenvalue weighted by molar-refractivity contribution is 6.42. The molecular formula is C16H16Cl2N2. The molecule has 1 aliphatic carbocycles. The van der Waals surface area contributed by atoms with E-state index >= 15 is 0 Å². The smallest absolute Gasteiger partial charge is 0.0605 e. The number of halogens is 2. The Balaban J connectivity index is 1.77. The second-order valence-corrected chi connectivity index (χ2v) is 6.02. The van der Waals surface area contributed by atoms with Crippen molar-refractivity contribution in [3.05, 3.63) is 63.4 Å². The van der Waals surface area contributed by atoms with E-state index in [9.17, 15) is 0 Å². The zero-order valence-corrected chi connectivity index (χ0v) is 12.7. The van der Waals surface area contributed by atoms with Crippen molar-refractivity contribution in [2.45, 2.75) is 31.8 Å². The lowest BCUT2D eigenvalue weighted by molar-refractivity contribution is 0.458. The molecule has 1 aromatic heterocycles. The predicted molar refractivity (Wildman–Crippen MR) is 83.3 cm³/mol.